The molecule has 1 aromatic rings. The summed E-state index contributed by atoms with van der Waals surface area (Å²) >= 11 is 0. The second kappa shape index (κ2) is 5.23. The molecule has 16 heavy (non-hydrogen) atoms. The molecule has 1 aromatic carbocycles. The number of hydrogen-bond acceptors (Lipinski definition) is 3. The van der Waals surface area contributed by atoms with Crippen LogP contribution in [0.25, 0.3) is 0 Å². The van der Waals surface area contributed by atoms with Crippen molar-refractivity contribution < 1.29 is 14.3 Å². The molecule has 1 saturated heterocycles. The molecular formula is C13H16O3. The lowest BCUT2D eigenvalue weighted by atomic mass is 9.96. The summed E-state index contributed by atoms with van der Waals surface area (Å²) < 4.78 is 11.0. The van der Waals surface area contributed by atoms with E-state index in [0.717, 1.165) is 11.8 Å². The lowest BCUT2D eigenvalue weighted by Crippen LogP contribution is -2.40. The monoisotopic (exact) mass is 220 g/mol. The van der Waals surface area contributed by atoms with Gasteiger partial charge in [-0.25, -0.2) is 0 Å². The third-order valence-electron chi connectivity index (χ3n) is 2.92. The normalized spacial score (nSPS) is 19.2. The van der Waals surface area contributed by atoms with Crippen LogP contribution in [-0.4, -0.2) is 25.1 Å². The van der Waals surface area contributed by atoms with Crippen molar-refractivity contribution in [2.45, 2.75) is 25.0 Å². The highest BCUT2D eigenvalue weighted by Crippen LogP contribution is 2.24. The predicted molar refractivity (Wildman–Crippen MR) is 60.1 cm³/mol. The fraction of sp³-hybridized carbons (Fsp3) is 0.462. The Morgan fingerprint density at radius 1 is 1.25 bits per heavy atom. The summed E-state index contributed by atoms with van der Waals surface area (Å²) in [7, 11) is 0. The molecule has 0 saturated carbocycles. The predicted octanol–water partition coefficient (Wildman–Crippen LogP) is 1.95. The maximum Gasteiger partial charge on any atom is 0.152 e. The van der Waals surface area contributed by atoms with Gasteiger partial charge in [-0.1, -0.05) is 30.3 Å². The van der Waals surface area contributed by atoms with E-state index in [1.807, 2.05) is 30.3 Å². The van der Waals surface area contributed by atoms with Crippen LogP contribution in [-0.2, 0) is 20.9 Å². The van der Waals surface area contributed by atoms with E-state index in [0.29, 0.717) is 32.7 Å². The molecule has 3 heteroatoms. The van der Waals surface area contributed by atoms with Gasteiger partial charge in [0.1, 0.15) is 5.60 Å². The largest absolute Gasteiger partial charge is 0.381 e. The maximum atomic E-state index is 11.1. The molecule has 0 unspecified atom stereocenters. The second-order valence-corrected chi connectivity index (χ2v) is 4.07. The van der Waals surface area contributed by atoms with Gasteiger partial charge in [0.15, 0.2) is 6.29 Å². The van der Waals surface area contributed by atoms with Crippen molar-refractivity contribution in [1.82, 2.24) is 0 Å². The van der Waals surface area contributed by atoms with Crippen LogP contribution in [0.15, 0.2) is 30.3 Å². The molecule has 0 bridgehead atoms. The first kappa shape index (κ1) is 11.3. The molecule has 0 atom stereocenters. The van der Waals surface area contributed by atoms with Crippen LogP contribution in [0.3, 0.4) is 0 Å². The van der Waals surface area contributed by atoms with Gasteiger partial charge < -0.3 is 14.3 Å². The molecule has 86 valence electrons. The zero-order valence-corrected chi connectivity index (χ0v) is 9.22. The fourth-order valence-corrected chi connectivity index (χ4v) is 1.81. The summed E-state index contributed by atoms with van der Waals surface area (Å²) in [5.74, 6) is 0. The van der Waals surface area contributed by atoms with Gasteiger partial charge >= 0.3 is 0 Å². The van der Waals surface area contributed by atoms with Crippen molar-refractivity contribution in [3.63, 3.8) is 0 Å². The minimum absolute atomic E-state index is 0.486. The summed E-state index contributed by atoms with van der Waals surface area (Å²) in [6.07, 6.45) is 2.24. The molecule has 0 N–H and O–H groups in total. The fourth-order valence-electron chi connectivity index (χ4n) is 1.81. The smallest absolute Gasteiger partial charge is 0.152 e. The third kappa shape index (κ3) is 2.68. The summed E-state index contributed by atoms with van der Waals surface area (Å²) in [4.78, 5) is 11.1. The summed E-state index contributed by atoms with van der Waals surface area (Å²) in [6, 6.07) is 9.90. The number of carbonyl (C=O) groups is 1. The van der Waals surface area contributed by atoms with Gasteiger partial charge in [-0.05, 0) is 5.56 Å². The second-order valence-electron chi connectivity index (χ2n) is 4.07. The van der Waals surface area contributed by atoms with Gasteiger partial charge in [0.2, 0.25) is 0 Å². The van der Waals surface area contributed by atoms with Gasteiger partial charge in [-0.3, -0.25) is 0 Å². The molecule has 0 aromatic heterocycles. The topological polar surface area (TPSA) is 35.5 Å². The number of hydrogen-bond donors (Lipinski definition) is 0. The van der Waals surface area contributed by atoms with Gasteiger partial charge in [-0.2, -0.15) is 0 Å². The number of aldehydes is 1. The van der Waals surface area contributed by atoms with E-state index in [9.17, 15) is 4.79 Å². The van der Waals surface area contributed by atoms with E-state index >= 15 is 0 Å². The van der Waals surface area contributed by atoms with E-state index in [1.165, 1.54) is 0 Å². The van der Waals surface area contributed by atoms with Crippen LogP contribution < -0.4 is 0 Å². The van der Waals surface area contributed by atoms with Crippen LogP contribution in [0.5, 0.6) is 0 Å². The standard InChI is InChI=1S/C13H16O3/c14-11-13(6-8-15-9-7-13)16-10-12-4-2-1-3-5-12/h1-5,11H,6-10H2. The average Bonchev–Trinajstić information content (AvgIpc) is 2.39. The van der Waals surface area contributed by atoms with Crippen LogP contribution in [0.1, 0.15) is 18.4 Å². The molecule has 1 heterocycles. The zero-order chi connectivity index (χ0) is 11.3. The highest BCUT2D eigenvalue weighted by Gasteiger charge is 2.33. The van der Waals surface area contributed by atoms with Crippen molar-refractivity contribution in [3.05, 3.63) is 35.9 Å². The Balaban J connectivity index is 1.94. The first-order valence-electron chi connectivity index (χ1n) is 5.57. The molecule has 1 aliphatic rings. The Morgan fingerprint density at radius 2 is 1.94 bits per heavy atom. The summed E-state index contributed by atoms with van der Waals surface area (Å²) in [5.41, 5.74) is 0.462. The van der Waals surface area contributed by atoms with E-state index < -0.39 is 5.60 Å². The van der Waals surface area contributed by atoms with Crippen molar-refractivity contribution in [2.24, 2.45) is 0 Å². The Kier molecular flexibility index (Phi) is 3.70. The van der Waals surface area contributed by atoms with Crippen molar-refractivity contribution >= 4 is 6.29 Å². The highest BCUT2D eigenvalue weighted by atomic mass is 16.5. The van der Waals surface area contributed by atoms with E-state index in [2.05, 4.69) is 0 Å². The summed E-state index contributed by atoms with van der Waals surface area (Å²) in [5, 5.41) is 0. The van der Waals surface area contributed by atoms with E-state index in [-0.39, 0.29) is 0 Å². The Morgan fingerprint density at radius 3 is 2.56 bits per heavy atom. The molecule has 0 radical (unpaired) electrons. The average molecular weight is 220 g/mol. The minimum atomic E-state index is -0.631. The van der Waals surface area contributed by atoms with Gasteiger partial charge in [0.05, 0.1) is 6.61 Å². The summed E-state index contributed by atoms with van der Waals surface area (Å²) in [6.45, 7) is 1.70. The van der Waals surface area contributed by atoms with Gasteiger partial charge in [0.25, 0.3) is 0 Å². The Bertz CT molecular complexity index is 328. The lowest BCUT2D eigenvalue weighted by molar-refractivity contribution is -0.148. The highest BCUT2D eigenvalue weighted by molar-refractivity contribution is 5.62. The number of benzene rings is 1. The van der Waals surface area contributed by atoms with Crippen LogP contribution in [0.4, 0.5) is 0 Å². The van der Waals surface area contributed by atoms with Gasteiger partial charge in [-0.15, -0.1) is 0 Å². The number of ether oxygens (including phenoxy) is 2. The van der Waals surface area contributed by atoms with Crippen LogP contribution in [0, 0.1) is 0 Å². The SMILES string of the molecule is O=CC1(OCc2ccccc2)CCOCC1. The van der Waals surface area contributed by atoms with E-state index in [4.69, 9.17) is 9.47 Å². The molecule has 0 amide bonds. The molecular weight excluding hydrogens is 204 g/mol. The zero-order valence-electron chi connectivity index (χ0n) is 9.22. The van der Waals surface area contributed by atoms with Crippen LogP contribution in [0.2, 0.25) is 0 Å². The first-order chi connectivity index (χ1) is 7.85. The number of rotatable bonds is 4. The van der Waals surface area contributed by atoms with Crippen molar-refractivity contribution in [2.75, 3.05) is 13.2 Å². The Labute approximate surface area is 95.4 Å². The minimum Gasteiger partial charge on any atom is -0.381 e. The third-order valence-corrected chi connectivity index (χ3v) is 2.92. The molecule has 3 nitrogen and oxygen atoms in total. The lowest BCUT2D eigenvalue weighted by Gasteiger charge is -2.32. The molecule has 2 rings (SSSR count). The van der Waals surface area contributed by atoms with Crippen LogP contribution >= 0.6 is 0 Å². The van der Waals surface area contributed by atoms with Gasteiger partial charge in [0, 0.05) is 26.1 Å². The molecule has 1 fully saturated rings. The molecule has 1 aliphatic heterocycles. The molecule has 0 spiro atoms. The first-order valence-corrected chi connectivity index (χ1v) is 5.57. The van der Waals surface area contributed by atoms with E-state index in [1.54, 1.807) is 0 Å². The Hall–Kier alpha value is -1.19. The van der Waals surface area contributed by atoms with Crippen molar-refractivity contribution in [1.29, 1.82) is 0 Å². The molecule has 0 aliphatic carbocycles. The quantitative estimate of drug-likeness (QED) is 0.727. The van der Waals surface area contributed by atoms with Crippen molar-refractivity contribution in [3.8, 4) is 0 Å². The number of carbonyl (C=O) groups excluding carboxylic acids is 1. The maximum absolute atomic E-state index is 11.1.